The molecule has 3 aromatic rings. The highest BCUT2D eigenvalue weighted by molar-refractivity contribution is 7.10. The monoisotopic (exact) mass is 435 g/mol. The molecule has 3 rings (SSSR count). The molecule has 0 unspecified atom stereocenters. The lowest BCUT2D eigenvalue weighted by Gasteiger charge is -2.19. The van der Waals surface area contributed by atoms with Crippen LogP contribution in [0, 0.1) is 18.3 Å². The predicted octanol–water partition coefficient (Wildman–Crippen LogP) is 4.67. The summed E-state index contributed by atoms with van der Waals surface area (Å²) in [5, 5.41) is 15.3. The molecule has 158 valence electrons. The van der Waals surface area contributed by atoms with Crippen LogP contribution in [0.25, 0.3) is 0 Å². The highest BCUT2D eigenvalue weighted by Gasteiger charge is 2.20. The summed E-state index contributed by atoms with van der Waals surface area (Å²) in [6.45, 7) is 7.15. The summed E-state index contributed by atoms with van der Waals surface area (Å²) in [6.07, 6.45) is 1.45. The average Bonchev–Trinajstić information content (AvgIpc) is 3.08. The molecule has 0 saturated heterocycles. The summed E-state index contributed by atoms with van der Waals surface area (Å²) in [4.78, 5) is 29.2. The van der Waals surface area contributed by atoms with Crippen molar-refractivity contribution in [2.75, 3.05) is 10.6 Å². The molecule has 0 aliphatic rings. The van der Waals surface area contributed by atoms with Crippen LogP contribution in [0.4, 0.5) is 16.5 Å². The second-order valence-electron chi connectivity index (χ2n) is 7.67. The van der Waals surface area contributed by atoms with Crippen molar-refractivity contribution in [3.63, 3.8) is 0 Å². The number of nitrogens with zero attached hydrogens (tertiary/aromatic N) is 3. The molecule has 31 heavy (non-hydrogen) atoms. The number of carbonyl (C=O) groups is 2. The van der Waals surface area contributed by atoms with Crippen molar-refractivity contribution in [1.29, 1.82) is 5.26 Å². The summed E-state index contributed by atoms with van der Waals surface area (Å²) in [7, 11) is 0. The molecular formula is C22H21N5O3S. The van der Waals surface area contributed by atoms with E-state index < -0.39 is 11.6 Å². The second kappa shape index (κ2) is 8.93. The zero-order valence-corrected chi connectivity index (χ0v) is 18.3. The Balaban J connectivity index is 1.73. The number of aromatic nitrogens is 2. The lowest BCUT2D eigenvalue weighted by Crippen LogP contribution is -2.23. The largest absolute Gasteiger partial charge is 0.456 e. The number of aryl methyl sites for hydroxylation is 1. The van der Waals surface area contributed by atoms with E-state index in [0.717, 1.165) is 11.5 Å². The van der Waals surface area contributed by atoms with Gasteiger partial charge >= 0.3 is 5.97 Å². The van der Waals surface area contributed by atoms with Crippen LogP contribution in [-0.4, -0.2) is 26.8 Å². The van der Waals surface area contributed by atoms with Gasteiger partial charge in [0.2, 0.25) is 0 Å². The van der Waals surface area contributed by atoms with E-state index in [0.29, 0.717) is 38.9 Å². The molecule has 0 atom stereocenters. The maximum atomic E-state index is 12.9. The van der Waals surface area contributed by atoms with E-state index in [2.05, 4.69) is 20.0 Å². The Labute approximate surface area is 184 Å². The van der Waals surface area contributed by atoms with Gasteiger partial charge in [0, 0.05) is 11.9 Å². The second-order valence-corrected chi connectivity index (χ2v) is 8.45. The maximum absolute atomic E-state index is 12.9. The summed E-state index contributed by atoms with van der Waals surface area (Å²) < 4.78 is 9.60. The van der Waals surface area contributed by atoms with E-state index in [1.54, 1.807) is 64.1 Å². The van der Waals surface area contributed by atoms with Crippen molar-refractivity contribution in [3.05, 3.63) is 65.0 Å². The Morgan fingerprint density at radius 1 is 1.13 bits per heavy atom. The van der Waals surface area contributed by atoms with Crippen molar-refractivity contribution in [1.82, 2.24) is 9.36 Å². The Morgan fingerprint density at radius 2 is 1.84 bits per heavy atom. The third-order valence-corrected chi connectivity index (χ3v) is 4.86. The zero-order valence-electron chi connectivity index (χ0n) is 17.5. The number of rotatable bonds is 5. The quantitative estimate of drug-likeness (QED) is 0.559. The number of esters is 1. The number of ether oxygens (including phenoxy) is 1. The zero-order chi connectivity index (χ0) is 22.6. The summed E-state index contributed by atoms with van der Waals surface area (Å²) in [6, 6.07) is 11.8. The predicted molar refractivity (Wildman–Crippen MR) is 119 cm³/mol. The Bertz CT molecular complexity index is 1140. The first-order chi connectivity index (χ1) is 14.7. The van der Waals surface area contributed by atoms with Gasteiger partial charge in [0.05, 0.1) is 22.4 Å². The van der Waals surface area contributed by atoms with Gasteiger partial charge in [0.15, 0.2) is 0 Å². The Morgan fingerprint density at radius 3 is 2.42 bits per heavy atom. The van der Waals surface area contributed by atoms with Gasteiger partial charge in [-0.3, -0.25) is 4.79 Å². The van der Waals surface area contributed by atoms with E-state index in [9.17, 15) is 9.59 Å². The Kier molecular flexibility index (Phi) is 6.32. The normalized spacial score (nSPS) is 10.8. The molecule has 0 spiro atoms. The third-order valence-electron chi connectivity index (χ3n) is 4.00. The average molecular weight is 436 g/mol. The standard InChI is InChI=1S/C22H21N5O3S/c1-13-18(20(31-27-13)26-17-10-5-14(11-23)12-24-17)19(28)25-16-8-6-15(7-9-16)21(29)30-22(2,3)4/h5-10,12H,1-4H3,(H,24,26)(H,25,28). The molecule has 0 bridgehead atoms. The first kappa shape index (κ1) is 21.9. The molecule has 2 heterocycles. The van der Waals surface area contributed by atoms with Gasteiger partial charge in [-0.15, -0.1) is 0 Å². The number of pyridine rings is 1. The summed E-state index contributed by atoms with van der Waals surface area (Å²) in [5.74, 6) is -0.268. The van der Waals surface area contributed by atoms with Crippen LogP contribution in [0.15, 0.2) is 42.6 Å². The number of nitrogens with one attached hydrogen (secondary N) is 2. The number of benzene rings is 1. The van der Waals surface area contributed by atoms with Crippen molar-refractivity contribution in [3.8, 4) is 6.07 Å². The summed E-state index contributed by atoms with van der Waals surface area (Å²) in [5.41, 5.74) is 1.76. The van der Waals surface area contributed by atoms with Crippen LogP contribution in [0.3, 0.4) is 0 Å². The molecule has 1 aromatic carbocycles. The van der Waals surface area contributed by atoms with Crippen LogP contribution in [-0.2, 0) is 4.74 Å². The first-order valence-corrected chi connectivity index (χ1v) is 10.2. The fourth-order valence-corrected chi connectivity index (χ4v) is 3.39. The smallest absolute Gasteiger partial charge is 0.338 e. The van der Waals surface area contributed by atoms with Gasteiger partial charge in [-0.1, -0.05) is 0 Å². The SMILES string of the molecule is Cc1nsc(Nc2ccc(C#N)cn2)c1C(=O)Nc1ccc(C(=O)OC(C)(C)C)cc1. The molecule has 0 radical (unpaired) electrons. The number of carbonyl (C=O) groups excluding carboxylic acids is 2. The van der Waals surface area contributed by atoms with E-state index in [1.807, 2.05) is 6.07 Å². The molecule has 0 fully saturated rings. The van der Waals surface area contributed by atoms with Gasteiger partial charge in [-0.2, -0.15) is 9.64 Å². The van der Waals surface area contributed by atoms with Crippen molar-refractivity contribution in [2.24, 2.45) is 0 Å². The van der Waals surface area contributed by atoms with Gasteiger partial charge in [0.25, 0.3) is 5.91 Å². The Hall–Kier alpha value is -3.77. The minimum atomic E-state index is -0.583. The van der Waals surface area contributed by atoms with E-state index in [1.165, 1.54) is 6.20 Å². The molecule has 2 aromatic heterocycles. The first-order valence-electron chi connectivity index (χ1n) is 9.40. The van der Waals surface area contributed by atoms with Gasteiger partial charge in [-0.25, -0.2) is 9.78 Å². The number of amides is 1. The number of nitriles is 1. The fourth-order valence-electron chi connectivity index (χ4n) is 2.59. The summed E-state index contributed by atoms with van der Waals surface area (Å²) >= 11 is 1.14. The minimum Gasteiger partial charge on any atom is -0.456 e. The van der Waals surface area contributed by atoms with Crippen LogP contribution in [0.1, 0.15) is 52.7 Å². The maximum Gasteiger partial charge on any atom is 0.338 e. The lowest BCUT2D eigenvalue weighted by molar-refractivity contribution is 0.00695. The lowest BCUT2D eigenvalue weighted by atomic mass is 10.1. The molecule has 1 amide bonds. The molecule has 2 N–H and O–H groups in total. The highest BCUT2D eigenvalue weighted by atomic mass is 32.1. The highest BCUT2D eigenvalue weighted by Crippen LogP contribution is 2.28. The third kappa shape index (κ3) is 5.65. The number of hydrogen-bond acceptors (Lipinski definition) is 8. The van der Waals surface area contributed by atoms with Crippen LogP contribution in [0.2, 0.25) is 0 Å². The number of anilines is 3. The van der Waals surface area contributed by atoms with Crippen LogP contribution < -0.4 is 10.6 Å². The van der Waals surface area contributed by atoms with Gasteiger partial charge < -0.3 is 15.4 Å². The van der Waals surface area contributed by atoms with Crippen LogP contribution >= 0.6 is 11.5 Å². The molecule has 0 saturated carbocycles. The topological polar surface area (TPSA) is 117 Å². The van der Waals surface area contributed by atoms with E-state index in [4.69, 9.17) is 10.00 Å². The molecule has 0 aliphatic carbocycles. The molecular weight excluding hydrogens is 414 g/mol. The van der Waals surface area contributed by atoms with Crippen molar-refractivity contribution in [2.45, 2.75) is 33.3 Å². The fraction of sp³-hybridized carbons (Fsp3) is 0.227. The van der Waals surface area contributed by atoms with Gasteiger partial charge in [0.1, 0.15) is 22.5 Å². The van der Waals surface area contributed by atoms with Crippen LogP contribution in [0.5, 0.6) is 0 Å². The minimum absolute atomic E-state index is 0.340. The van der Waals surface area contributed by atoms with Crippen molar-refractivity contribution >= 4 is 39.9 Å². The van der Waals surface area contributed by atoms with Gasteiger partial charge in [-0.05, 0) is 75.6 Å². The molecule has 8 nitrogen and oxygen atoms in total. The van der Waals surface area contributed by atoms with Crippen molar-refractivity contribution < 1.29 is 14.3 Å². The van der Waals surface area contributed by atoms with E-state index >= 15 is 0 Å². The molecule has 9 heteroatoms. The van der Waals surface area contributed by atoms with E-state index in [-0.39, 0.29) is 5.91 Å². The number of hydrogen-bond donors (Lipinski definition) is 2. The molecule has 0 aliphatic heterocycles.